The molecule has 102 valence electrons. The third kappa shape index (κ3) is 5.84. The Morgan fingerprint density at radius 2 is 1.94 bits per heavy atom. The quantitative estimate of drug-likeness (QED) is 0.625. The number of methoxy groups -OCH3 is 1. The topological polar surface area (TPSA) is 66.4 Å². The van der Waals surface area contributed by atoms with Gasteiger partial charge < -0.3 is 20.5 Å². The molecule has 0 radical (unpaired) electrons. The van der Waals surface area contributed by atoms with Crippen LogP contribution in [-0.2, 0) is 4.74 Å². The molecule has 0 saturated heterocycles. The Morgan fingerprint density at radius 1 is 1.28 bits per heavy atom. The maximum absolute atomic E-state index is 9.50. The zero-order valence-electron chi connectivity index (χ0n) is 11.1. The standard InChI is InChI=1S/C13H23N3O2/c1-3-8-14-12-5-4-6-13(16-12)15-9-7-11(17)10-18-2/h4-6,11,17H,3,7-10H2,1-2H3,(H2,14,15,16). The summed E-state index contributed by atoms with van der Waals surface area (Å²) in [5.74, 6) is 1.69. The summed E-state index contributed by atoms with van der Waals surface area (Å²) in [5, 5.41) is 15.9. The minimum Gasteiger partial charge on any atom is -0.391 e. The Labute approximate surface area is 109 Å². The molecular weight excluding hydrogens is 230 g/mol. The molecular formula is C13H23N3O2. The van der Waals surface area contributed by atoms with E-state index in [0.29, 0.717) is 19.6 Å². The van der Waals surface area contributed by atoms with Crippen LogP contribution in [0.5, 0.6) is 0 Å². The number of hydrogen-bond acceptors (Lipinski definition) is 5. The van der Waals surface area contributed by atoms with Crippen LogP contribution in [0, 0.1) is 0 Å². The number of rotatable bonds is 9. The molecule has 18 heavy (non-hydrogen) atoms. The van der Waals surface area contributed by atoms with Crippen LogP contribution in [0.4, 0.5) is 11.6 Å². The maximum Gasteiger partial charge on any atom is 0.128 e. The molecule has 0 aliphatic rings. The third-order valence-corrected chi connectivity index (χ3v) is 2.45. The maximum atomic E-state index is 9.50. The van der Waals surface area contributed by atoms with Crippen molar-refractivity contribution in [2.75, 3.05) is 37.4 Å². The van der Waals surface area contributed by atoms with Gasteiger partial charge in [0.25, 0.3) is 0 Å². The Balaban J connectivity index is 2.33. The van der Waals surface area contributed by atoms with Crippen LogP contribution < -0.4 is 10.6 Å². The van der Waals surface area contributed by atoms with Crippen molar-refractivity contribution in [1.29, 1.82) is 0 Å². The molecule has 1 heterocycles. The van der Waals surface area contributed by atoms with Gasteiger partial charge in [-0.15, -0.1) is 0 Å². The van der Waals surface area contributed by atoms with E-state index >= 15 is 0 Å². The summed E-state index contributed by atoms with van der Waals surface area (Å²) < 4.78 is 4.87. The molecule has 0 aliphatic carbocycles. The zero-order chi connectivity index (χ0) is 13.2. The smallest absolute Gasteiger partial charge is 0.128 e. The Kier molecular flexibility index (Phi) is 7.13. The van der Waals surface area contributed by atoms with Gasteiger partial charge in [-0.25, -0.2) is 4.98 Å². The number of hydrogen-bond donors (Lipinski definition) is 3. The molecule has 5 heteroatoms. The molecule has 0 bridgehead atoms. The molecule has 0 aliphatic heterocycles. The van der Waals surface area contributed by atoms with E-state index in [1.165, 1.54) is 0 Å². The summed E-state index contributed by atoms with van der Waals surface area (Å²) in [5.41, 5.74) is 0. The highest BCUT2D eigenvalue weighted by molar-refractivity contribution is 5.44. The van der Waals surface area contributed by atoms with Gasteiger partial charge in [-0.2, -0.15) is 0 Å². The normalized spacial score (nSPS) is 12.2. The van der Waals surface area contributed by atoms with Crippen LogP contribution in [0.3, 0.4) is 0 Å². The van der Waals surface area contributed by atoms with Crippen molar-refractivity contribution >= 4 is 11.6 Å². The molecule has 1 rings (SSSR count). The van der Waals surface area contributed by atoms with E-state index in [9.17, 15) is 5.11 Å². The fourth-order valence-corrected chi connectivity index (χ4v) is 1.53. The molecule has 0 spiro atoms. The predicted molar refractivity (Wildman–Crippen MR) is 74.0 cm³/mol. The van der Waals surface area contributed by atoms with Crippen molar-refractivity contribution < 1.29 is 9.84 Å². The van der Waals surface area contributed by atoms with E-state index in [-0.39, 0.29) is 0 Å². The molecule has 5 nitrogen and oxygen atoms in total. The first-order chi connectivity index (χ1) is 8.76. The van der Waals surface area contributed by atoms with Crippen molar-refractivity contribution in [2.24, 2.45) is 0 Å². The number of aliphatic hydroxyl groups excluding tert-OH is 1. The first kappa shape index (κ1) is 14.7. The second kappa shape index (κ2) is 8.72. The molecule has 3 N–H and O–H groups in total. The van der Waals surface area contributed by atoms with Gasteiger partial charge in [0, 0.05) is 20.2 Å². The van der Waals surface area contributed by atoms with Gasteiger partial charge in [-0.1, -0.05) is 13.0 Å². The van der Waals surface area contributed by atoms with E-state index in [2.05, 4.69) is 22.5 Å². The predicted octanol–water partition coefficient (Wildman–Crippen LogP) is 1.71. The second-order valence-corrected chi connectivity index (χ2v) is 4.16. The average Bonchev–Trinajstić information content (AvgIpc) is 2.37. The second-order valence-electron chi connectivity index (χ2n) is 4.16. The number of ether oxygens (including phenoxy) is 1. The lowest BCUT2D eigenvalue weighted by Gasteiger charge is -2.11. The SMILES string of the molecule is CCCNc1cccc(NCCC(O)COC)n1. The highest BCUT2D eigenvalue weighted by Gasteiger charge is 2.03. The number of aliphatic hydroxyl groups is 1. The van der Waals surface area contributed by atoms with Gasteiger partial charge in [0.2, 0.25) is 0 Å². The largest absolute Gasteiger partial charge is 0.391 e. The van der Waals surface area contributed by atoms with Gasteiger partial charge >= 0.3 is 0 Å². The lowest BCUT2D eigenvalue weighted by Crippen LogP contribution is -2.18. The molecule has 0 fully saturated rings. The van der Waals surface area contributed by atoms with Crippen LogP contribution in [0.2, 0.25) is 0 Å². The van der Waals surface area contributed by atoms with Crippen LogP contribution >= 0.6 is 0 Å². The van der Waals surface area contributed by atoms with E-state index in [1.807, 2.05) is 18.2 Å². The molecule has 1 unspecified atom stereocenters. The van der Waals surface area contributed by atoms with Crippen LogP contribution in [0.1, 0.15) is 19.8 Å². The van der Waals surface area contributed by atoms with Crippen molar-refractivity contribution in [3.63, 3.8) is 0 Å². The first-order valence-corrected chi connectivity index (χ1v) is 6.38. The number of aromatic nitrogens is 1. The average molecular weight is 253 g/mol. The molecule has 1 aromatic rings. The van der Waals surface area contributed by atoms with Gasteiger partial charge in [0.15, 0.2) is 0 Å². The van der Waals surface area contributed by atoms with Crippen molar-refractivity contribution in [1.82, 2.24) is 4.98 Å². The number of anilines is 2. The summed E-state index contributed by atoms with van der Waals surface area (Å²) in [4.78, 5) is 4.42. The van der Waals surface area contributed by atoms with Crippen LogP contribution in [-0.4, -0.2) is 43.0 Å². The fraction of sp³-hybridized carbons (Fsp3) is 0.615. The minimum atomic E-state index is -0.427. The molecule has 1 atom stereocenters. The molecule has 0 aromatic carbocycles. The van der Waals surface area contributed by atoms with Crippen molar-refractivity contribution in [3.05, 3.63) is 18.2 Å². The highest BCUT2D eigenvalue weighted by atomic mass is 16.5. The Hall–Kier alpha value is -1.33. The van der Waals surface area contributed by atoms with Crippen molar-refractivity contribution in [3.8, 4) is 0 Å². The van der Waals surface area contributed by atoms with Crippen LogP contribution in [0.15, 0.2) is 18.2 Å². The lowest BCUT2D eigenvalue weighted by atomic mass is 10.2. The van der Waals surface area contributed by atoms with Gasteiger partial charge in [0.1, 0.15) is 11.6 Å². The van der Waals surface area contributed by atoms with E-state index in [0.717, 1.165) is 24.6 Å². The first-order valence-electron chi connectivity index (χ1n) is 6.38. The summed E-state index contributed by atoms with van der Waals surface area (Å²) in [6, 6.07) is 5.82. The fourth-order valence-electron chi connectivity index (χ4n) is 1.53. The Morgan fingerprint density at radius 3 is 2.56 bits per heavy atom. The van der Waals surface area contributed by atoms with Gasteiger partial charge in [0.05, 0.1) is 12.7 Å². The third-order valence-electron chi connectivity index (χ3n) is 2.45. The van der Waals surface area contributed by atoms with Crippen LogP contribution in [0.25, 0.3) is 0 Å². The minimum absolute atomic E-state index is 0.368. The van der Waals surface area contributed by atoms with E-state index in [1.54, 1.807) is 7.11 Å². The van der Waals surface area contributed by atoms with Crippen molar-refractivity contribution in [2.45, 2.75) is 25.9 Å². The molecule has 1 aromatic heterocycles. The molecule has 0 amide bonds. The summed E-state index contributed by atoms with van der Waals surface area (Å²) >= 11 is 0. The van der Waals surface area contributed by atoms with E-state index < -0.39 is 6.10 Å². The monoisotopic (exact) mass is 253 g/mol. The molecule has 0 saturated carbocycles. The number of nitrogens with zero attached hydrogens (tertiary/aromatic N) is 1. The Bertz CT molecular complexity index is 334. The van der Waals surface area contributed by atoms with E-state index in [4.69, 9.17) is 4.74 Å². The number of nitrogens with one attached hydrogen (secondary N) is 2. The summed E-state index contributed by atoms with van der Waals surface area (Å²) in [6.45, 7) is 4.08. The summed E-state index contributed by atoms with van der Waals surface area (Å²) in [7, 11) is 1.58. The number of pyridine rings is 1. The van der Waals surface area contributed by atoms with Gasteiger partial charge in [-0.05, 0) is 25.0 Å². The van der Waals surface area contributed by atoms with Gasteiger partial charge in [-0.3, -0.25) is 0 Å². The zero-order valence-corrected chi connectivity index (χ0v) is 11.1. The lowest BCUT2D eigenvalue weighted by molar-refractivity contribution is 0.0615. The summed E-state index contributed by atoms with van der Waals surface area (Å²) in [6.07, 6.45) is 1.29. The highest BCUT2D eigenvalue weighted by Crippen LogP contribution is 2.09.